The number of hydrogen-bond donors (Lipinski definition) is 1. The summed E-state index contributed by atoms with van der Waals surface area (Å²) in [5, 5.41) is 3.49. The molecule has 0 fully saturated rings. The second-order valence-electron chi connectivity index (χ2n) is 5.83. The van der Waals surface area contributed by atoms with E-state index in [1.165, 1.54) is 42.8 Å². The van der Waals surface area contributed by atoms with E-state index in [1.807, 2.05) is 17.5 Å². The van der Waals surface area contributed by atoms with Crippen molar-refractivity contribution < 1.29 is 0 Å². The molecule has 0 amide bonds. The van der Waals surface area contributed by atoms with Crippen LogP contribution in [-0.4, -0.2) is 16.6 Å². The summed E-state index contributed by atoms with van der Waals surface area (Å²) in [6.07, 6.45) is 11.6. The third-order valence-corrected chi connectivity index (χ3v) is 5.84. The number of nitrogens with zero attached hydrogens (tertiary/aromatic N) is 2. The van der Waals surface area contributed by atoms with Gasteiger partial charge in [0.1, 0.15) is 5.82 Å². The van der Waals surface area contributed by atoms with E-state index in [-0.39, 0.29) is 0 Å². The Hall–Kier alpha value is -1.13. The molecule has 2 aromatic rings. The van der Waals surface area contributed by atoms with Crippen LogP contribution in [0.25, 0.3) is 0 Å². The van der Waals surface area contributed by atoms with Gasteiger partial charge < -0.3 is 9.88 Å². The number of rotatable bonds is 5. The smallest absolute Gasteiger partial charge is 0.110 e. The molecule has 1 atom stereocenters. The maximum atomic E-state index is 4.52. The number of thiophene rings is 1. The number of aromatic nitrogens is 2. The zero-order chi connectivity index (χ0) is 14.7. The van der Waals surface area contributed by atoms with Gasteiger partial charge in [0.05, 0.1) is 0 Å². The second-order valence-corrected chi connectivity index (χ2v) is 7.00. The zero-order valence-corrected chi connectivity index (χ0v) is 13.9. The third-order valence-electron chi connectivity index (χ3n) is 4.49. The lowest BCUT2D eigenvalue weighted by atomic mass is 10.1. The minimum Gasteiger partial charge on any atom is -0.335 e. The molecule has 0 radical (unpaired) electrons. The van der Waals surface area contributed by atoms with Crippen LogP contribution in [0.15, 0.2) is 18.5 Å². The lowest BCUT2D eigenvalue weighted by Gasteiger charge is -2.15. The van der Waals surface area contributed by atoms with E-state index in [0.29, 0.717) is 6.04 Å². The van der Waals surface area contributed by atoms with E-state index in [0.717, 1.165) is 13.0 Å². The lowest BCUT2D eigenvalue weighted by Crippen LogP contribution is -2.19. The summed E-state index contributed by atoms with van der Waals surface area (Å²) in [5.41, 5.74) is 1.60. The predicted octanol–water partition coefficient (Wildman–Crippen LogP) is 3.74. The predicted molar refractivity (Wildman–Crippen MR) is 89.0 cm³/mol. The van der Waals surface area contributed by atoms with E-state index in [4.69, 9.17) is 0 Å². The Morgan fingerprint density at radius 1 is 1.33 bits per heavy atom. The Kier molecular flexibility index (Phi) is 4.76. The largest absolute Gasteiger partial charge is 0.335 e. The number of aryl methyl sites for hydroxylation is 3. The highest BCUT2D eigenvalue weighted by Crippen LogP contribution is 2.33. The van der Waals surface area contributed by atoms with Crippen molar-refractivity contribution in [1.82, 2.24) is 14.9 Å². The van der Waals surface area contributed by atoms with Crippen LogP contribution >= 0.6 is 11.3 Å². The van der Waals surface area contributed by atoms with Gasteiger partial charge in [-0.3, -0.25) is 0 Å². The van der Waals surface area contributed by atoms with E-state index in [9.17, 15) is 0 Å². The lowest BCUT2D eigenvalue weighted by molar-refractivity contribution is 0.560. The SMILES string of the molecule is CCn1ccnc1CC(NC)c1cc2c(s1)CCCCC2. The molecule has 1 aliphatic rings. The first-order valence-electron chi connectivity index (χ1n) is 8.10. The molecular formula is C17H25N3S. The van der Waals surface area contributed by atoms with Gasteiger partial charge in [-0.05, 0) is 51.3 Å². The van der Waals surface area contributed by atoms with Gasteiger partial charge in [0.2, 0.25) is 0 Å². The Morgan fingerprint density at radius 2 is 2.19 bits per heavy atom. The number of hydrogen-bond acceptors (Lipinski definition) is 3. The molecule has 1 unspecified atom stereocenters. The molecular weight excluding hydrogens is 278 g/mol. The molecule has 1 aliphatic carbocycles. The number of imidazole rings is 1. The summed E-state index contributed by atoms with van der Waals surface area (Å²) >= 11 is 2.02. The van der Waals surface area contributed by atoms with E-state index in [1.54, 1.807) is 10.4 Å². The maximum Gasteiger partial charge on any atom is 0.110 e. The molecule has 0 aliphatic heterocycles. The maximum absolute atomic E-state index is 4.52. The number of nitrogens with one attached hydrogen (secondary N) is 1. The highest BCUT2D eigenvalue weighted by Gasteiger charge is 2.19. The van der Waals surface area contributed by atoms with Crippen molar-refractivity contribution in [3.05, 3.63) is 39.6 Å². The minimum atomic E-state index is 0.384. The zero-order valence-electron chi connectivity index (χ0n) is 13.1. The molecule has 2 heterocycles. The summed E-state index contributed by atoms with van der Waals surface area (Å²) < 4.78 is 2.24. The quantitative estimate of drug-likeness (QED) is 0.853. The van der Waals surface area contributed by atoms with Crippen molar-refractivity contribution in [1.29, 1.82) is 0 Å². The van der Waals surface area contributed by atoms with Gasteiger partial charge in [-0.15, -0.1) is 11.3 Å². The van der Waals surface area contributed by atoms with Crippen molar-refractivity contribution in [2.75, 3.05) is 7.05 Å². The first-order chi connectivity index (χ1) is 10.3. The Labute approximate surface area is 131 Å². The molecule has 0 saturated carbocycles. The van der Waals surface area contributed by atoms with Gasteiger partial charge in [0.25, 0.3) is 0 Å². The Bertz CT molecular complexity index is 561. The average molecular weight is 303 g/mol. The fourth-order valence-electron chi connectivity index (χ4n) is 3.21. The van der Waals surface area contributed by atoms with E-state index >= 15 is 0 Å². The van der Waals surface area contributed by atoms with Crippen LogP contribution in [0.3, 0.4) is 0 Å². The van der Waals surface area contributed by atoms with Crippen molar-refractivity contribution in [2.45, 2.75) is 58.0 Å². The van der Waals surface area contributed by atoms with Crippen LogP contribution in [0.2, 0.25) is 0 Å². The van der Waals surface area contributed by atoms with Crippen molar-refractivity contribution in [3.8, 4) is 0 Å². The van der Waals surface area contributed by atoms with Gasteiger partial charge >= 0.3 is 0 Å². The summed E-state index contributed by atoms with van der Waals surface area (Å²) in [6, 6.07) is 2.83. The first-order valence-corrected chi connectivity index (χ1v) is 8.92. The summed E-state index contributed by atoms with van der Waals surface area (Å²) in [6.45, 7) is 3.17. The molecule has 21 heavy (non-hydrogen) atoms. The minimum absolute atomic E-state index is 0.384. The molecule has 4 heteroatoms. The van der Waals surface area contributed by atoms with Crippen LogP contribution in [0.1, 0.15) is 53.4 Å². The monoisotopic (exact) mass is 303 g/mol. The molecule has 2 aromatic heterocycles. The summed E-state index contributed by atoms with van der Waals surface area (Å²) in [5.74, 6) is 1.18. The topological polar surface area (TPSA) is 29.9 Å². The second kappa shape index (κ2) is 6.75. The molecule has 1 N–H and O–H groups in total. The van der Waals surface area contributed by atoms with Gasteiger partial charge in [-0.2, -0.15) is 0 Å². The molecule has 3 nitrogen and oxygen atoms in total. The molecule has 3 rings (SSSR count). The van der Waals surface area contributed by atoms with Crippen molar-refractivity contribution in [3.63, 3.8) is 0 Å². The summed E-state index contributed by atoms with van der Waals surface area (Å²) in [7, 11) is 2.06. The molecule has 0 bridgehead atoms. The highest BCUT2D eigenvalue weighted by atomic mass is 32.1. The fraction of sp³-hybridized carbons (Fsp3) is 0.588. The number of fused-ring (bicyclic) bond motifs is 1. The van der Waals surface area contributed by atoms with Crippen LogP contribution < -0.4 is 5.32 Å². The van der Waals surface area contributed by atoms with Crippen molar-refractivity contribution >= 4 is 11.3 Å². The summed E-state index contributed by atoms with van der Waals surface area (Å²) in [4.78, 5) is 7.63. The number of likely N-dealkylation sites (N-methyl/N-ethyl adjacent to an activating group) is 1. The Balaban J connectivity index is 1.80. The molecule has 0 aromatic carbocycles. The van der Waals surface area contributed by atoms with E-state index in [2.05, 4.69) is 41.1 Å². The van der Waals surface area contributed by atoms with Gasteiger partial charge in [-0.25, -0.2) is 4.98 Å². The molecule has 0 saturated heterocycles. The van der Waals surface area contributed by atoms with Crippen molar-refractivity contribution in [2.24, 2.45) is 0 Å². The van der Waals surface area contributed by atoms with Crippen LogP contribution in [0, 0.1) is 0 Å². The van der Waals surface area contributed by atoms with Crippen LogP contribution in [-0.2, 0) is 25.8 Å². The van der Waals surface area contributed by atoms with Crippen LogP contribution in [0.5, 0.6) is 0 Å². The normalized spacial score (nSPS) is 16.5. The highest BCUT2D eigenvalue weighted by molar-refractivity contribution is 7.12. The van der Waals surface area contributed by atoms with Crippen LogP contribution in [0.4, 0.5) is 0 Å². The molecule has 0 spiro atoms. The van der Waals surface area contributed by atoms with Gasteiger partial charge in [0, 0.05) is 41.2 Å². The van der Waals surface area contributed by atoms with E-state index < -0.39 is 0 Å². The van der Waals surface area contributed by atoms with Gasteiger partial charge in [-0.1, -0.05) is 6.42 Å². The first kappa shape index (κ1) is 14.8. The Morgan fingerprint density at radius 3 is 3.00 bits per heavy atom. The fourth-order valence-corrected chi connectivity index (χ4v) is 4.58. The standard InChI is InChI=1S/C17H25N3S/c1-3-20-10-9-19-17(20)12-14(18-2)16-11-13-7-5-4-6-8-15(13)21-16/h9-11,14,18H,3-8,12H2,1-2H3. The average Bonchev–Trinajstić information content (AvgIpc) is 3.06. The molecule has 114 valence electrons. The van der Waals surface area contributed by atoms with Gasteiger partial charge in [0.15, 0.2) is 0 Å². The third kappa shape index (κ3) is 3.22.